The Balaban J connectivity index is 1.58. The summed E-state index contributed by atoms with van der Waals surface area (Å²) >= 11 is 5.97. The molecule has 2 aromatic heterocycles. The number of methoxy groups -OCH3 is 1. The van der Waals surface area contributed by atoms with Gasteiger partial charge in [0.25, 0.3) is 11.8 Å². The normalized spacial score (nSPS) is 19.2. The van der Waals surface area contributed by atoms with Gasteiger partial charge in [-0.2, -0.15) is 4.98 Å². The van der Waals surface area contributed by atoms with E-state index in [0.717, 1.165) is 0 Å². The highest BCUT2D eigenvalue weighted by Gasteiger charge is 2.44. The summed E-state index contributed by atoms with van der Waals surface area (Å²) in [6.45, 7) is 0.233. The molecule has 0 radical (unpaired) electrons. The Morgan fingerprint density at radius 1 is 1.31 bits per heavy atom. The van der Waals surface area contributed by atoms with Crippen LogP contribution >= 0.6 is 11.6 Å². The number of benzene rings is 1. The summed E-state index contributed by atoms with van der Waals surface area (Å²) in [6.07, 6.45) is 3.84. The van der Waals surface area contributed by atoms with Crippen molar-refractivity contribution in [2.45, 2.75) is 18.5 Å². The van der Waals surface area contributed by atoms with E-state index in [9.17, 15) is 4.79 Å². The molecule has 9 heteroatoms. The highest BCUT2D eigenvalue weighted by Crippen LogP contribution is 2.36. The molecule has 0 spiro atoms. The second kappa shape index (κ2) is 7.79. The number of rotatable bonds is 4. The number of carbonyl (C=O) groups excluding carboxylic acids is 1. The smallest absolute Gasteiger partial charge is 0.266 e. The van der Waals surface area contributed by atoms with Gasteiger partial charge < -0.3 is 14.2 Å². The molecule has 0 bridgehead atoms. The zero-order chi connectivity index (χ0) is 20.4. The van der Waals surface area contributed by atoms with Gasteiger partial charge in [-0.3, -0.25) is 9.78 Å². The van der Waals surface area contributed by atoms with Crippen LogP contribution in [0.1, 0.15) is 29.1 Å². The third-order valence-electron chi connectivity index (χ3n) is 4.87. The molecule has 3 aromatic rings. The molecular formula is C20H18ClFN4O3. The number of likely N-dealkylation sites (tertiary alicyclic amines) is 1. The Labute approximate surface area is 171 Å². The van der Waals surface area contributed by atoms with E-state index in [-0.39, 0.29) is 30.6 Å². The molecule has 0 saturated carbocycles. The maximum Gasteiger partial charge on any atom is 0.266 e. The number of carbonyl (C=O) groups is 1. The first-order valence-corrected chi connectivity index (χ1v) is 9.44. The molecule has 3 heterocycles. The van der Waals surface area contributed by atoms with Crippen LogP contribution in [0.5, 0.6) is 5.75 Å². The molecule has 1 saturated heterocycles. The summed E-state index contributed by atoms with van der Waals surface area (Å²) in [5, 5.41) is 4.33. The second-order valence-corrected chi connectivity index (χ2v) is 7.24. The third kappa shape index (κ3) is 3.80. The molecule has 1 unspecified atom stereocenters. The largest absolute Gasteiger partial charge is 0.496 e. The highest BCUT2D eigenvalue weighted by molar-refractivity contribution is 6.30. The molecule has 1 amide bonds. The Morgan fingerprint density at radius 3 is 2.86 bits per heavy atom. The Morgan fingerprint density at radius 2 is 2.10 bits per heavy atom. The van der Waals surface area contributed by atoms with Crippen LogP contribution in [0.3, 0.4) is 0 Å². The van der Waals surface area contributed by atoms with E-state index in [1.165, 1.54) is 12.0 Å². The molecule has 29 heavy (non-hydrogen) atoms. The molecule has 150 valence electrons. The van der Waals surface area contributed by atoms with Gasteiger partial charge in [0.1, 0.15) is 5.75 Å². The minimum atomic E-state index is -1.92. The van der Waals surface area contributed by atoms with E-state index < -0.39 is 5.67 Å². The number of piperidine rings is 1. The summed E-state index contributed by atoms with van der Waals surface area (Å²) in [4.78, 5) is 22.6. The number of hydrogen-bond acceptors (Lipinski definition) is 6. The topological polar surface area (TPSA) is 81.4 Å². The van der Waals surface area contributed by atoms with E-state index >= 15 is 4.39 Å². The molecule has 1 aliphatic rings. The summed E-state index contributed by atoms with van der Waals surface area (Å²) in [7, 11) is 1.46. The lowest BCUT2D eigenvalue weighted by Gasteiger charge is -2.35. The average Bonchev–Trinajstić information content (AvgIpc) is 3.25. The van der Waals surface area contributed by atoms with Crippen LogP contribution in [0, 0.1) is 0 Å². The lowest BCUT2D eigenvalue weighted by molar-refractivity contribution is 0.0151. The van der Waals surface area contributed by atoms with Crippen molar-refractivity contribution >= 4 is 17.5 Å². The zero-order valence-corrected chi connectivity index (χ0v) is 16.4. The van der Waals surface area contributed by atoms with Crippen molar-refractivity contribution in [2.75, 3.05) is 20.2 Å². The number of alkyl halides is 1. The lowest BCUT2D eigenvalue weighted by atomic mass is 9.94. The fourth-order valence-corrected chi connectivity index (χ4v) is 3.56. The van der Waals surface area contributed by atoms with E-state index in [1.54, 1.807) is 42.7 Å². The van der Waals surface area contributed by atoms with Crippen LogP contribution in [-0.4, -0.2) is 46.1 Å². The average molecular weight is 417 g/mol. The predicted molar refractivity (Wildman–Crippen MR) is 103 cm³/mol. The zero-order valence-electron chi connectivity index (χ0n) is 15.6. The number of hydrogen-bond donors (Lipinski definition) is 0. The highest BCUT2D eigenvalue weighted by atomic mass is 35.5. The first-order valence-electron chi connectivity index (χ1n) is 9.06. The van der Waals surface area contributed by atoms with Crippen molar-refractivity contribution < 1.29 is 18.4 Å². The number of halogens is 2. The van der Waals surface area contributed by atoms with Crippen molar-refractivity contribution in [3.8, 4) is 17.1 Å². The van der Waals surface area contributed by atoms with Crippen LogP contribution in [0.2, 0.25) is 5.02 Å². The van der Waals surface area contributed by atoms with Gasteiger partial charge in [0.15, 0.2) is 0 Å². The number of aromatic nitrogens is 3. The van der Waals surface area contributed by atoms with E-state index in [0.29, 0.717) is 34.9 Å². The van der Waals surface area contributed by atoms with Gasteiger partial charge in [-0.15, -0.1) is 0 Å². The SMILES string of the molecule is COc1cc(Cl)ccc1C(=O)N1CCCC(F)(c2nc(-c3ccncc3)no2)C1. The number of ether oxygens (including phenoxy) is 1. The number of amides is 1. The second-order valence-electron chi connectivity index (χ2n) is 6.80. The van der Waals surface area contributed by atoms with Crippen molar-refractivity contribution in [3.05, 3.63) is 59.2 Å². The van der Waals surface area contributed by atoms with Crippen molar-refractivity contribution in [1.82, 2.24) is 20.0 Å². The van der Waals surface area contributed by atoms with E-state index in [2.05, 4.69) is 15.1 Å². The third-order valence-corrected chi connectivity index (χ3v) is 5.11. The van der Waals surface area contributed by atoms with E-state index in [1.807, 2.05) is 0 Å². The summed E-state index contributed by atoms with van der Waals surface area (Å²) < 4.78 is 26.2. The standard InChI is InChI=1S/C20H18ClFN4O3/c1-28-16-11-14(21)3-4-15(16)18(27)26-10-2-7-20(22,12-26)19-24-17(25-29-19)13-5-8-23-9-6-13/h3-6,8-9,11H,2,7,10,12H2,1H3. The molecule has 1 atom stereocenters. The van der Waals surface area contributed by atoms with Gasteiger partial charge in [-0.05, 0) is 43.2 Å². The first kappa shape index (κ1) is 19.3. The number of nitrogens with zero attached hydrogens (tertiary/aromatic N) is 4. The lowest BCUT2D eigenvalue weighted by Crippen LogP contribution is -2.46. The van der Waals surface area contributed by atoms with Crippen molar-refractivity contribution in [3.63, 3.8) is 0 Å². The molecule has 7 nitrogen and oxygen atoms in total. The van der Waals surface area contributed by atoms with Crippen LogP contribution in [0.25, 0.3) is 11.4 Å². The van der Waals surface area contributed by atoms with Crippen molar-refractivity contribution in [1.29, 1.82) is 0 Å². The van der Waals surface area contributed by atoms with Gasteiger partial charge in [0.2, 0.25) is 11.5 Å². The van der Waals surface area contributed by atoms with Crippen LogP contribution in [0.4, 0.5) is 4.39 Å². The summed E-state index contributed by atoms with van der Waals surface area (Å²) in [5.41, 5.74) is -0.927. The van der Waals surface area contributed by atoms with Crippen LogP contribution in [0.15, 0.2) is 47.2 Å². The van der Waals surface area contributed by atoms with Crippen molar-refractivity contribution in [2.24, 2.45) is 0 Å². The molecule has 4 rings (SSSR count). The van der Waals surface area contributed by atoms with Gasteiger partial charge >= 0.3 is 0 Å². The molecule has 1 aromatic carbocycles. The van der Waals surface area contributed by atoms with E-state index in [4.69, 9.17) is 20.9 Å². The van der Waals surface area contributed by atoms with Gasteiger partial charge in [-0.25, -0.2) is 4.39 Å². The summed E-state index contributed by atoms with van der Waals surface area (Å²) in [5.74, 6) is 0.150. The fraction of sp³-hybridized carbons (Fsp3) is 0.300. The Kier molecular flexibility index (Phi) is 5.19. The minimum absolute atomic E-state index is 0.134. The Bertz CT molecular complexity index is 1030. The van der Waals surface area contributed by atoms with Gasteiger partial charge in [0.05, 0.1) is 19.2 Å². The molecule has 0 aliphatic carbocycles. The van der Waals surface area contributed by atoms with Gasteiger partial charge in [-0.1, -0.05) is 16.8 Å². The maximum atomic E-state index is 15.8. The molecular weight excluding hydrogens is 399 g/mol. The Hall–Kier alpha value is -3.00. The number of pyridine rings is 1. The first-order chi connectivity index (χ1) is 14.0. The maximum absolute atomic E-state index is 15.8. The quantitative estimate of drug-likeness (QED) is 0.641. The van der Waals surface area contributed by atoms with Gasteiger partial charge in [0, 0.05) is 29.5 Å². The molecule has 1 fully saturated rings. The minimum Gasteiger partial charge on any atom is -0.496 e. The molecule has 0 N–H and O–H groups in total. The van der Waals surface area contributed by atoms with Crippen LogP contribution < -0.4 is 4.74 Å². The predicted octanol–water partition coefficient (Wildman–Crippen LogP) is 3.89. The summed E-state index contributed by atoms with van der Waals surface area (Å²) in [6, 6.07) is 8.15. The monoisotopic (exact) mass is 416 g/mol. The fourth-order valence-electron chi connectivity index (χ4n) is 3.39. The van der Waals surface area contributed by atoms with Crippen LogP contribution in [-0.2, 0) is 5.67 Å². The molecule has 1 aliphatic heterocycles.